The van der Waals surface area contributed by atoms with Gasteiger partial charge in [0.05, 0.1) is 18.1 Å². The van der Waals surface area contributed by atoms with Crippen molar-refractivity contribution in [1.82, 2.24) is 29.9 Å². The molecule has 186 valence electrons. The first-order chi connectivity index (χ1) is 17.7. The summed E-state index contributed by atoms with van der Waals surface area (Å²) >= 11 is 6.29. The van der Waals surface area contributed by atoms with Crippen LogP contribution in [0, 0.1) is 0 Å². The molecule has 0 bridgehead atoms. The molecular formula is C28H32ClN7. The highest BCUT2D eigenvalue weighted by Crippen LogP contribution is 2.34. The normalized spacial score (nSPS) is 17.9. The van der Waals surface area contributed by atoms with Gasteiger partial charge in [0.25, 0.3) is 0 Å². The molecule has 3 aliphatic heterocycles. The predicted molar refractivity (Wildman–Crippen MR) is 144 cm³/mol. The molecule has 6 rings (SSSR count). The number of aryl methyl sites for hydroxylation is 1. The summed E-state index contributed by atoms with van der Waals surface area (Å²) in [5.41, 5.74) is 5.61. The number of rotatable bonds is 8. The Labute approximate surface area is 217 Å². The topological polar surface area (TPSA) is 61.6 Å². The van der Waals surface area contributed by atoms with Crippen LogP contribution < -0.4 is 5.32 Å². The van der Waals surface area contributed by atoms with Crippen molar-refractivity contribution in [1.29, 1.82) is 0 Å². The zero-order chi connectivity index (χ0) is 24.5. The van der Waals surface area contributed by atoms with E-state index in [1.807, 2.05) is 0 Å². The van der Waals surface area contributed by atoms with Gasteiger partial charge >= 0.3 is 0 Å². The van der Waals surface area contributed by atoms with E-state index in [0.29, 0.717) is 0 Å². The van der Waals surface area contributed by atoms with Crippen LogP contribution >= 0.6 is 11.6 Å². The largest absolute Gasteiger partial charge is 0.358 e. The Morgan fingerprint density at radius 3 is 2.69 bits per heavy atom. The molecule has 1 atom stereocenters. The monoisotopic (exact) mass is 501 g/mol. The van der Waals surface area contributed by atoms with Crippen molar-refractivity contribution in [3.05, 3.63) is 77.4 Å². The highest BCUT2D eigenvalue weighted by molar-refractivity contribution is 6.22. The van der Waals surface area contributed by atoms with Gasteiger partial charge < -0.3 is 15.1 Å². The molecule has 1 aromatic heterocycles. The Hall–Kier alpha value is -3.32. The zero-order valence-corrected chi connectivity index (χ0v) is 21.5. The maximum atomic E-state index is 6.29. The molecule has 3 aromatic rings. The van der Waals surface area contributed by atoms with Crippen molar-refractivity contribution >= 4 is 17.4 Å². The second kappa shape index (κ2) is 9.97. The van der Waals surface area contributed by atoms with Gasteiger partial charge in [0.2, 0.25) is 0 Å². The first kappa shape index (κ1) is 23.1. The highest BCUT2D eigenvalue weighted by Gasteiger charge is 2.30. The molecule has 2 aromatic carbocycles. The van der Waals surface area contributed by atoms with Crippen LogP contribution in [-0.4, -0.2) is 55.8 Å². The van der Waals surface area contributed by atoms with Crippen LogP contribution in [0.15, 0.2) is 65.4 Å². The van der Waals surface area contributed by atoms with Crippen molar-refractivity contribution in [2.75, 3.05) is 19.8 Å². The third-order valence-corrected chi connectivity index (χ3v) is 7.40. The van der Waals surface area contributed by atoms with E-state index in [2.05, 4.69) is 96.5 Å². The summed E-state index contributed by atoms with van der Waals surface area (Å²) in [6.45, 7) is 5.00. The summed E-state index contributed by atoms with van der Waals surface area (Å²) in [6, 6.07) is 17.2. The van der Waals surface area contributed by atoms with Gasteiger partial charge in [-0.05, 0) is 30.0 Å². The maximum Gasteiger partial charge on any atom is 0.197 e. The van der Waals surface area contributed by atoms with E-state index < -0.39 is 0 Å². The van der Waals surface area contributed by atoms with E-state index in [-0.39, 0.29) is 5.62 Å². The standard InChI is InChI=1S/C28H32ClN7/c1-2-3-8-16-35-19-34(18-23-27(35)31-28(29)30-23)15-9-14-25-32-33-26-22-12-6-4-10-20(22)17-21-11-5-7-13-24(21)36(25)26/h4-7,10-13,18,28,30H,2-3,8-9,14-17,19H2,1H3. The quantitative estimate of drug-likeness (QED) is 0.211. The number of hydrogen-bond donors (Lipinski definition) is 1. The van der Waals surface area contributed by atoms with Gasteiger partial charge in [-0.2, -0.15) is 0 Å². The number of fused-ring (bicyclic) bond motifs is 6. The van der Waals surface area contributed by atoms with E-state index in [1.165, 1.54) is 35.2 Å². The lowest BCUT2D eigenvalue weighted by Crippen LogP contribution is -2.46. The van der Waals surface area contributed by atoms with Gasteiger partial charge in [0.1, 0.15) is 5.82 Å². The molecule has 3 aliphatic rings. The molecule has 0 saturated heterocycles. The number of alkyl halides is 1. The van der Waals surface area contributed by atoms with Gasteiger partial charge in [-0.25, -0.2) is 4.99 Å². The van der Waals surface area contributed by atoms with Crippen molar-refractivity contribution in [2.45, 2.75) is 51.1 Å². The number of aliphatic imine (C=N–C) groups is 1. The third-order valence-electron chi connectivity index (χ3n) is 7.19. The molecular weight excluding hydrogens is 470 g/mol. The Balaban J connectivity index is 1.21. The summed E-state index contributed by atoms with van der Waals surface area (Å²) < 4.78 is 2.27. The molecule has 1 N–H and O–H groups in total. The van der Waals surface area contributed by atoms with Crippen molar-refractivity contribution < 1.29 is 0 Å². The molecule has 0 spiro atoms. The van der Waals surface area contributed by atoms with E-state index in [4.69, 9.17) is 11.6 Å². The fraction of sp³-hybridized carbons (Fsp3) is 0.393. The van der Waals surface area contributed by atoms with Crippen molar-refractivity contribution in [2.24, 2.45) is 4.99 Å². The fourth-order valence-electron chi connectivity index (χ4n) is 5.45. The van der Waals surface area contributed by atoms with Crippen LogP contribution in [-0.2, 0) is 12.8 Å². The maximum absolute atomic E-state index is 6.29. The average molecular weight is 502 g/mol. The van der Waals surface area contributed by atoms with E-state index in [9.17, 15) is 0 Å². The number of benzene rings is 2. The second-order valence-electron chi connectivity index (χ2n) is 9.74. The number of halogens is 1. The number of hydrogen-bond acceptors (Lipinski definition) is 6. The van der Waals surface area contributed by atoms with Gasteiger partial charge in [-0.15, -0.1) is 10.2 Å². The fourth-order valence-corrected chi connectivity index (χ4v) is 5.66. The average Bonchev–Trinajstić information content (AvgIpc) is 3.44. The van der Waals surface area contributed by atoms with Gasteiger partial charge in [-0.1, -0.05) is 73.8 Å². The van der Waals surface area contributed by atoms with Crippen LogP contribution in [0.2, 0.25) is 0 Å². The minimum absolute atomic E-state index is 0.380. The molecule has 8 heteroatoms. The Bertz CT molecular complexity index is 1310. The van der Waals surface area contributed by atoms with E-state index in [0.717, 1.165) is 68.6 Å². The van der Waals surface area contributed by atoms with E-state index in [1.54, 1.807) is 0 Å². The summed E-state index contributed by atoms with van der Waals surface area (Å²) in [7, 11) is 0. The van der Waals surface area contributed by atoms with Crippen molar-refractivity contribution in [3.63, 3.8) is 0 Å². The first-order valence-corrected chi connectivity index (χ1v) is 13.5. The summed E-state index contributed by atoms with van der Waals surface area (Å²) in [5.74, 6) is 2.96. The first-order valence-electron chi connectivity index (χ1n) is 13.0. The lowest BCUT2D eigenvalue weighted by atomic mass is 10.0. The van der Waals surface area contributed by atoms with Crippen LogP contribution in [0.3, 0.4) is 0 Å². The Morgan fingerprint density at radius 1 is 0.972 bits per heavy atom. The molecule has 0 aliphatic carbocycles. The van der Waals surface area contributed by atoms with Crippen molar-refractivity contribution in [3.8, 4) is 17.1 Å². The number of para-hydroxylation sites is 1. The number of unbranched alkanes of at least 4 members (excludes halogenated alkanes) is 2. The Morgan fingerprint density at radius 2 is 1.81 bits per heavy atom. The molecule has 7 nitrogen and oxygen atoms in total. The van der Waals surface area contributed by atoms with Crippen LogP contribution in [0.4, 0.5) is 0 Å². The zero-order valence-electron chi connectivity index (χ0n) is 20.7. The predicted octanol–water partition coefficient (Wildman–Crippen LogP) is 4.90. The van der Waals surface area contributed by atoms with Crippen LogP contribution in [0.5, 0.6) is 0 Å². The molecule has 0 radical (unpaired) electrons. The molecule has 0 amide bonds. The number of nitrogens with zero attached hydrogens (tertiary/aromatic N) is 6. The van der Waals surface area contributed by atoms with Crippen LogP contribution in [0.25, 0.3) is 17.1 Å². The lowest BCUT2D eigenvalue weighted by Gasteiger charge is -2.36. The minimum Gasteiger partial charge on any atom is -0.358 e. The lowest BCUT2D eigenvalue weighted by molar-refractivity contribution is 0.229. The molecule has 4 heterocycles. The number of amidine groups is 1. The van der Waals surface area contributed by atoms with Gasteiger partial charge in [-0.3, -0.25) is 4.57 Å². The van der Waals surface area contributed by atoms with Crippen LogP contribution in [0.1, 0.15) is 49.6 Å². The summed E-state index contributed by atoms with van der Waals surface area (Å²) in [5, 5.41) is 12.6. The molecule has 0 fully saturated rings. The number of nitrogens with one attached hydrogen (secondary N) is 1. The number of aromatic nitrogens is 3. The van der Waals surface area contributed by atoms with Gasteiger partial charge in [0.15, 0.2) is 17.3 Å². The molecule has 36 heavy (non-hydrogen) atoms. The molecule has 1 unspecified atom stereocenters. The highest BCUT2D eigenvalue weighted by atomic mass is 35.5. The van der Waals surface area contributed by atoms with Gasteiger partial charge in [0, 0.05) is 37.7 Å². The molecule has 0 saturated carbocycles. The third kappa shape index (κ3) is 4.37. The summed E-state index contributed by atoms with van der Waals surface area (Å²) in [4.78, 5) is 9.33. The smallest absolute Gasteiger partial charge is 0.197 e. The minimum atomic E-state index is -0.380. The Kier molecular flexibility index (Phi) is 6.40. The SMILES string of the molecule is CCCCCN1CN(CCCc2nnc3n2-c2ccccc2Cc2ccccc2-3)C=C2NC(Cl)N=C21. The summed E-state index contributed by atoms with van der Waals surface area (Å²) in [6.07, 6.45) is 8.51. The van der Waals surface area contributed by atoms with E-state index >= 15 is 0 Å². The second-order valence-corrected chi connectivity index (χ2v) is 10.2.